The lowest BCUT2D eigenvalue weighted by Gasteiger charge is -2.20. The maximum atomic E-state index is 11.5. The Morgan fingerprint density at radius 2 is 2.13 bits per heavy atom. The molecule has 0 aromatic carbocycles. The molecule has 2 unspecified atom stereocenters. The van der Waals surface area contributed by atoms with Crippen LogP contribution < -0.4 is 11.1 Å². The molecule has 0 aromatic rings. The molecule has 88 valence electrons. The standard InChI is InChI=1S/C11H23N3O/c1-8(14(2)3)7-13-11(15)6-10(12)9-4-5-9/h8-10H,4-7,12H2,1-3H3,(H,13,15). The van der Waals surface area contributed by atoms with Crippen molar-refractivity contribution in [1.82, 2.24) is 10.2 Å². The quantitative estimate of drug-likeness (QED) is 0.662. The molecule has 1 amide bonds. The minimum absolute atomic E-state index is 0.0691. The first-order valence-electron chi connectivity index (χ1n) is 5.69. The highest BCUT2D eigenvalue weighted by molar-refractivity contribution is 5.76. The molecule has 15 heavy (non-hydrogen) atoms. The number of nitrogens with one attached hydrogen (secondary N) is 1. The van der Waals surface area contributed by atoms with Crippen molar-refractivity contribution >= 4 is 5.91 Å². The van der Waals surface area contributed by atoms with Gasteiger partial charge in [0, 0.05) is 25.0 Å². The van der Waals surface area contributed by atoms with Crippen LogP contribution >= 0.6 is 0 Å². The van der Waals surface area contributed by atoms with E-state index in [2.05, 4.69) is 17.1 Å². The van der Waals surface area contributed by atoms with Crippen molar-refractivity contribution in [1.29, 1.82) is 0 Å². The first kappa shape index (κ1) is 12.5. The minimum Gasteiger partial charge on any atom is -0.354 e. The van der Waals surface area contributed by atoms with Gasteiger partial charge >= 0.3 is 0 Å². The maximum Gasteiger partial charge on any atom is 0.221 e. The Labute approximate surface area is 92.2 Å². The number of amides is 1. The monoisotopic (exact) mass is 213 g/mol. The molecule has 0 bridgehead atoms. The summed E-state index contributed by atoms with van der Waals surface area (Å²) in [6.45, 7) is 2.78. The van der Waals surface area contributed by atoms with E-state index in [1.807, 2.05) is 14.1 Å². The third kappa shape index (κ3) is 4.62. The lowest BCUT2D eigenvalue weighted by atomic mass is 10.1. The third-order valence-corrected chi connectivity index (χ3v) is 3.12. The van der Waals surface area contributed by atoms with E-state index in [1.54, 1.807) is 0 Å². The van der Waals surface area contributed by atoms with E-state index < -0.39 is 0 Å². The zero-order valence-electron chi connectivity index (χ0n) is 9.99. The van der Waals surface area contributed by atoms with Crippen LogP contribution in [0.1, 0.15) is 26.2 Å². The third-order valence-electron chi connectivity index (χ3n) is 3.12. The van der Waals surface area contributed by atoms with E-state index in [0.717, 1.165) is 0 Å². The largest absolute Gasteiger partial charge is 0.354 e. The molecule has 2 atom stereocenters. The van der Waals surface area contributed by atoms with Gasteiger partial charge in [0.05, 0.1) is 0 Å². The summed E-state index contributed by atoms with van der Waals surface area (Å²) in [6, 6.07) is 0.436. The van der Waals surface area contributed by atoms with Gasteiger partial charge in [0.15, 0.2) is 0 Å². The molecule has 1 fully saturated rings. The van der Waals surface area contributed by atoms with E-state index in [-0.39, 0.29) is 11.9 Å². The first-order chi connectivity index (χ1) is 7.00. The molecule has 3 N–H and O–H groups in total. The van der Waals surface area contributed by atoms with Crippen molar-refractivity contribution in [3.63, 3.8) is 0 Å². The van der Waals surface area contributed by atoms with Gasteiger partial charge in [-0.25, -0.2) is 0 Å². The lowest BCUT2D eigenvalue weighted by Crippen LogP contribution is -2.40. The van der Waals surface area contributed by atoms with Crippen LogP contribution in [0.25, 0.3) is 0 Å². The zero-order chi connectivity index (χ0) is 11.4. The predicted molar refractivity (Wildman–Crippen MR) is 61.5 cm³/mol. The summed E-state index contributed by atoms with van der Waals surface area (Å²) >= 11 is 0. The number of likely N-dealkylation sites (N-methyl/N-ethyl adjacent to an activating group) is 1. The fourth-order valence-electron chi connectivity index (χ4n) is 1.42. The van der Waals surface area contributed by atoms with Gasteiger partial charge in [-0.2, -0.15) is 0 Å². The normalized spacial score (nSPS) is 20.1. The van der Waals surface area contributed by atoms with Crippen LogP contribution in [0.4, 0.5) is 0 Å². The number of carbonyl (C=O) groups excluding carboxylic acids is 1. The molecular weight excluding hydrogens is 190 g/mol. The second-order valence-electron chi connectivity index (χ2n) is 4.82. The number of carbonyl (C=O) groups is 1. The molecule has 1 aliphatic carbocycles. The molecule has 0 heterocycles. The Morgan fingerprint density at radius 1 is 1.53 bits per heavy atom. The number of rotatable bonds is 6. The van der Waals surface area contributed by atoms with E-state index >= 15 is 0 Å². The van der Waals surface area contributed by atoms with E-state index in [9.17, 15) is 4.79 Å². The van der Waals surface area contributed by atoms with Crippen LogP contribution in [0, 0.1) is 5.92 Å². The highest BCUT2D eigenvalue weighted by Gasteiger charge is 2.29. The summed E-state index contributed by atoms with van der Waals surface area (Å²) in [5.41, 5.74) is 5.87. The van der Waals surface area contributed by atoms with Crippen LogP contribution in [0.3, 0.4) is 0 Å². The number of hydrogen-bond acceptors (Lipinski definition) is 3. The average molecular weight is 213 g/mol. The molecule has 1 saturated carbocycles. The van der Waals surface area contributed by atoms with Gasteiger partial charge in [-0.1, -0.05) is 0 Å². The molecule has 0 aromatic heterocycles. The van der Waals surface area contributed by atoms with Crippen molar-refractivity contribution in [2.45, 2.75) is 38.3 Å². The molecular formula is C11H23N3O. The molecule has 0 radical (unpaired) electrons. The van der Waals surface area contributed by atoms with Gasteiger partial charge in [0.25, 0.3) is 0 Å². The molecule has 0 aliphatic heterocycles. The van der Waals surface area contributed by atoms with Crippen molar-refractivity contribution in [3.05, 3.63) is 0 Å². The molecule has 4 heteroatoms. The molecule has 0 spiro atoms. The Kier molecular flexibility index (Phi) is 4.54. The van der Waals surface area contributed by atoms with Crippen molar-refractivity contribution in [3.8, 4) is 0 Å². The second-order valence-corrected chi connectivity index (χ2v) is 4.82. The summed E-state index contributed by atoms with van der Waals surface area (Å²) in [7, 11) is 4.01. The summed E-state index contributed by atoms with van der Waals surface area (Å²) in [4.78, 5) is 13.6. The van der Waals surface area contributed by atoms with Gasteiger partial charge in [-0.3, -0.25) is 4.79 Å². The second kappa shape index (κ2) is 5.47. The van der Waals surface area contributed by atoms with E-state index in [4.69, 9.17) is 5.73 Å². The highest BCUT2D eigenvalue weighted by Crippen LogP contribution is 2.32. The predicted octanol–water partition coefficient (Wildman–Crippen LogP) is 0.180. The van der Waals surface area contributed by atoms with Crippen LogP contribution in [-0.4, -0.2) is 43.5 Å². The minimum atomic E-state index is 0.0691. The topological polar surface area (TPSA) is 58.4 Å². The summed E-state index contributed by atoms with van der Waals surface area (Å²) in [5.74, 6) is 0.685. The molecule has 1 aliphatic rings. The van der Waals surface area contributed by atoms with Gasteiger partial charge in [-0.05, 0) is 39.8 Å². The highest BCUT2D eigenvalue weighted by atomic mass is 16.1. The summed E-state index contributed by atoms with van der Waals surface area (Å²) in [6.07, 6.45) is 2.87. The number of nitrogens with two attached hydrogens (primary N) is 1. The van der Waals surface area contributed by atoms with E-state index in [0.29, 0.717) is 24.9 Å². The van der Waals surface area contributed by atoms with Crippen molar-refractivity contribution in [2.75, 3.05) is 20.6 Å². The fraction of sp³-hybridized carbons (Fsp3) is 0.909. The number of nitrogens with zero attached hydrogens (tertiary/aromatic N) is 1. The SMILES string of the molecule is CC(CNC(=O)CC(N)C1CC1)N(C)C. The van der Waals surface area contributed by atoms with Gasteiger partial charge in [-0.15, -0.1) is 0 Å². The Morgan fingerprint density at radius 3 is 2.60 bits per heavy atom. The maximum absolute atomic E-state index is 11.5. The molecule has 1 rings (SSSR count). The zero-order valence-corrected chi connectivity index (χ0v) is 9.99. The van der Waals surface area contributed by atoms with Gasteiger partial charge in [0.1, 0.15) is 0 Å². The van der Waals surface area contributed by atoms with E-state index in [1.165, 1.54) is 12.8 Å². The number of hydrogen-bond donors (Lipinski definition) is 2. The smallest absolute Gasteiger partial charge is 0.221 e. The fourth-order valence-corrected chi connectivity index (χ4v) is 1.42. The Hall–Kier alpha value is -0.610. The average Bonchev–Trinajstić information content (AvgIpc) is 2.96. The van der Waals surface area contributed by atoms with Crippen LogP contribution in [-0.2, 0) is 4.79 Å². The molecule has 0 saturated heterocycles. The first-order valence-corrected chi connectivity index (χ1v) is 5.69. The summed E-state index contributed by atoms with van der Waals surface area (Å²) < 4.78 is 0. The van der Waals surface area contributed by atoms with Crippen molar-refractivity contribution < 1.29 is 4.79 Å². The van der Waals surface area contributed by atoms with Crippen LogP contribution in [0.15, 0.2) is 0 Å². The van der Waals surface area contributed by atoms with Gasteiger partial charge in [0.2, 0.25) is 5.91 Å². The molecule has 4 nitrogen and oxygen atoms in total. The van der Waals surface area contributed by atoms with Crippen LogP contribution in [0.5, 0.6) is 0 Å². The summed E-state index contributed by atoms with van der Waals surface area (Å²) in [5, 5.41) is 2.92. The Balaban J connectivity index is 2.12. The Bertz CT molecular complexity index is 214. The van der Waals surface area contributed by atoms with Gasteiger partial charge < -0.3 is 16.0 Å². The lowest BCUT2D eigenvalue weighted by molar-refractivity contribution is -0.121. The van der Waals surface area contributed by atoms with Crippen LogP contribution in [0.2, 0.25) is 0 Å². The van der Waals surface area contributed by atoms with Crippen molar-refractivity contribution in [2.24, 2.45) is 11.7 Å².